The standard InChI is InChI=1S/C23H16O6/c1-27-23(26)17-8-6-15(7-9-17)21(24)14-2-4-16(5-3-14)22(25)18-10-11-19-20(12-18)29-13-28-19/h2-12H,13H2,1H3. The molecule has 0 atom stereocenters. The number of hydrogen-bond donors (Lipinski definition) is 0. The molecule has 0 fully saturated rings. The average molecular weight is 388 g/mol. The van der Waals surface area contributed by atoms with Crippen molar-refractivity contribution in [3.63, 3.8) is 0 Å². The van der Waals surface area contributed by atoms with Crippen LogP contribution >= 0.6 is 0 Å². The van der Waals surface area contributed by atoms with Crippen molar-refractivity contribution in [2.24, 2.45) is 0 Å². The van der Waals surface area contributed by atoms with Gasteiger partial charge in [0.1, 0.15) is 0 Å². The highest BCUT2D eigenvalue weighted by Gasteiger charge is 2.18. The number of esters is 1. The molecule has 3 aromatic carbocycles. The van der Waals surface area contributed by atoms with Gasteiger partial charge in [0, 0.05) is 22.3 Å². The predicted molar refractivity (Wildman–Crippen MR) is 104 cm³/mol. The van der Waals surface area contributed by atoms with E-state index in [-0.39, 0.29) is 18.4 Å². The fraction of sp³-hybridized carbons (Fsp3) is 0.0870. The van der Waals surface area contributed by atoms with Crippen LogP contribution in [-0.2, 0) is 4.74 Å². The summed E-state index contributed by atoms with van der Waals surface area (Å²) in [7, 11) is 1.30. The maximum Gasteiger partial charge on any atom is 0.337 e. The molecule has 3 aromatic rings. The molecule has 1 aliphatic heterocycles. The molecular formula is C23H16O6. The molecule has 29 heavy (non-hydrogen) atoms. The number of hydrogen-bond acceptors (Lipinski definition) is 6. The van der Waals surface area contributed by atoms with Crippen molar-refractivity contribution in [3.8, 4) is 11.5 Å². The lowest BCUT2D eigenvalue weighted by Gasteiger charge is -2.06. The quantitative estimate of drug-likeness (QED) is 0.490. The highest BCUT2D eigenvalue weighted by molar-refractivity contribution is 6.12. The third-order valence-corrected chi connectivity index (χ3v) is 4.61. The second-order valence-corrected chi connectivity index (χ2v) is 6.37. The molecule has 0 aromatic heterocycles. The number of fused-ring (bicyclic) bond motifs is 1. The van der Waals surface area contributed by atoms with Gasteiger partial charge in [-0.05, 0) is 30.3 Å². The summed E-state index contributed by atoms with van der Waals surface area (Å²) in [4.78, 5) is 36.8. The zero-order chi connectivity index (χ0) is 20.4. The van der Waals surface area contributed by atoms with Crippen molar-refractivity contribution in [1.29, 1.82) is 0 Å². The van der Waals surface area contributed by atoms with Gasteiger partial charge < -0.3 is 14.2 Å². The molecule has 0 saturated carbocycles. The van der Waals surface area contributed by atoms with Gasteiger partial charge in [0.15, 0.2) is 23.1 Å². The zero-order valence-corrected chi connectivity index (χ0v) is 15.5. The van der Waals surface area contributed by atoms with E-state index in [4.69, 9.17) is 9.47 Å². The van der Waals surface area contributed by atoms with E-state index in [1.54, 1.807) is 54.6 Å². The van der Waals surface area contributed by atoms with Crippen LogP contribution in [0.25, 0.3) is 0 Å². The van der Waals surface area contributed by atoms with Crippen molar-refractivity contribution in [1.82, 2.24) is 0 Å². The van der Waals surface area contributed by atoms with E-state index in [9.17, 15) is 14.4 Å². The second-order valence-electron chi connectivity index (χ2n) is 6.37. The predicted octanol–water partition coefficient (Wildman–Crippen LogP) is 3.66. The van der Waals surface area contributed by atoms with E-state index in [1.165, 1.54) is 19.2 Å². The lowest BCUT2D eigenvalue weighted by molar-refractivity contribution is 0.0600. The maximum absolute atomic E-state index is 12.7. The summed E-state index contributed by atoms with van der Waals surface area (Å²) in [6, 6.07) is 17.7. The maximum atomic E-state index is 12.7. The molecule has 1 heterocycles. The van der Waals surface area contributed by atoms with Crippen molar-refractivity contribution >= 4 is 17.5 Å². The Hall–Kier alpha value is -3.93. The van der Waals surface area contributed by atoms with E-state index in [2.05, 4.69) is 4.74 Å². The molecule has 0 bridgehead atoms. The highest BCUT2D eigenvalue weighted by atomic mass is 16.7. The van der Waals surface area contributed by atoms with E-state index in [0.29, 0.717) is 39.3 Å². The zero-order valence-electron chi connectivity index (χ0n) is 15.5. The summed E-state index contributed by atoms with van der Waals surface area (Å²) in [5, 5.41) is 0. The van der Waals surface area contributed by atoms with Crippen LogP contribution in [0.1, 0.15) is 42.2 Å². The second kappa shape index (κ2) is 7.59. The molecule has 0 amide bonds. The fourth-order valence-electron chi connectivity index (χ4n) is 3.02. The van der Waals surface area contributed by atoms with Crippen molar-refractivity contribution in [2.75, 3.05) is 13.9 Å². The molecule has 0 saturated heterocycles. The first-order chi connectivity index (χ1) is 14.1. The molecule has 1 aliphatic rings. The molecule has 144 valence electrons. The van der Waals surface area contributed by atoms with Crippen LogP contribution in [0.15, 0.2) is 66.7 Å². The minimum absolute atomic E-state index is 0.143. The van der Waals surface area contributed by atoms with Crippen LogP contribution in [0.5, 0.6) is 11.5 Å². The minimum Gasteiger partial charge on any atom is -0.465 e. The molecule has 0 N–H and O–H groups in total. The van der Waals surface area contributed by atoms with E-state index < -0.39 is 5.97 Å². The van der Waals surface area contributed by atoms with Crippen molar-refractivity contribution < 1.29 is 28.6 Å². The van der Waals surface area contributed by atoms with Crippen molar-refractivity contribution in [2.45, 2.75) is 0 Å². The molecule has 0 aliphatic carbocycles. The third-order valence-electron chi connectivity index (χ3n) is 4.61. The Bertz CT molecular complexity index is 1100. The average Bonchev–Trinajstić information content (AvgIpc) is 3.25. The Labute approximate surface area is 166 Å². The largest absolute Gasteiger partial charge is 0.465 e. The van der Waals surface area contributed by atoms with Crippen LogP contribution < -0.4 is 9.47 Å². The Morgan fingerprint density at radius 1 is 0.655 bits per heavy atom. The first-order valence-electron chi connectivity index (χ1n) is 8.84. The number of carbonyl (C=O) groups excluding carboxylic acids is 3. The minimum atomic E-state index is -0.463. The highest BCUT2D eigenvalue weighted by Crippen LogP contribution is 2.33. The van der Waals surface area contributed by atoms with Gasteiger partial charge in [0.2, 0.25) is 6.79 Å². The lowest BCUT2D eigenvalue weighted by atomic mass is 9.98. The van der Waals surface area contributed by atoms with Gasteiger partial charge >= 0.3 is 5.97 Å². The summed E-state index contributed by atoms with van der Waals surface area (Å²) in [6.07, 6.45) is 0. The number of rotatable bonds is 5. The number of ether oxygens (including phenoxy) is 3. The van der Waals surface area contributed by atoms with Crippen LogP contribution in [0, 0.1) is 0 Å². The summed E-state index contributed by atoms with van der Waals surface area (Å²) in [5.74, 6) is 0.308. The molecule has 0 spiro atoms. The topological polar surface area (TPSA) is 78.9 Å². The van der Waals surface area contributed by atoms with Gasteiger partial charge in [0.05, 0.1) is 12.7 Å². The van der Waals surface area contributed by atoms with Crippen molar-refractivity contribution in [3.05, 3.63) is 94.5 Å². The molecule has 0 unspecified atom stereocenters. The summed E-state index contributed by atoms with van der Waals surface area (Å²) >= 11 is 0. The number of ketones is 2. The van der Waals surface area contributed by atoms with Gasteiger partial charge in [0.25, 0.3) is 0 Å². The SMILES string of the molecule is COC(=O)c1ccc(C(=O)c2ccc(C(=O)c3ccc4c(c3)OCO4)cc2)cc1. The molecule has 6 nitrogen and oxygen atoms in total. The van der Waals surface area contributed by atoms with Gasteiger partial charge in [-0.3, -0.25) is 9.59 Å². The molecule has 6 heteroatoms. The Kier molecular flexibility index (Phi) is 4.83. The molecule has 0 radical (unpaired) electrons. The van der Waals surface area contributed by atoms with Gasteiger partial charge in [-0.15, -0.1) is 0 Å². The number of carbonyl (C=O) groups is 3. The van der Waals surface area contributed by atoms with E-state index in [0.717, 1.165) is 0 Å². The number of methoxy groups -OCH3 is 1. The summed E-state index contributed by atoms with van der Waals surface area (Å²) in [5.41, 5.74) is 2.19. The Morgan fingerprint density at radius 2 is 1.10 bits per heavy atom. The van der Waals surface area contributed by atoms with Crippen LogP contribution in [0.3, 0.4) is 0 Å². The lowest BCUT2D eigenvalue weighted by Crippen LogP contribution is -2.06. The fourth-order valence-corrected chi connectivity index (χ4v) is 3.02. The van der Waals surface area contributed by atoms with Crippen LogP contribution in [0.2, 0.25) is 0 Å². The smallest absolute Gasteiger partial charge is 0.337 e. The summed E-state index contributed by atoms with van der Waals surface area (Å²) in [6.45, 7) is 0.143. The normalized spacial score (nSPS) is 11.8. The van der Waals surface area contributed by atoms with E-state index >= 15 is 0 Å². The van der Waals surface area contributed by atoms with Gasteiger partial charge in [-0.25, -0.2) is 4.79 Å². The first-order valence-corrected chi connectivity index (χ1v) is 8.84. The first kappa shape index (κ1) is 18.4. The Morgan fingerprint density at radius 3 is 1.66 bits per heavy atom. The third kappa shape index (κ3) is 3.60. The molecule has 4 rings (SSSR count). The van der Waals surface area contributed by atoms with Gasteiger partial charge in [-0.1, -0.05) is 36.4 Å². The Balaban J connectivity index is 1.52. The summed E-state index contributed by atoms with van der Waals surface area (Å²) < 4.78 is 15.2. The molecular weight excluding hydrogens is 372 g/mol. The number of benzene rings is 3. The van der Waals surface area contributed by atoms with Crippen LogP contribution in [0.4, 0.5) is 0 Å². The van der Waals surface area contributed by atoms with E-state index in [1.807, 2.05) is 0 Å². The van der Waals surface area contributed by atoms with Crippen LogP contribution in [-0.4, -0.2) is 31.4 Å². The monoisotopic (exact) mass is 388 g/mol. The van der Waals surface area contributed by atoms with Gasteiger partial charge in [-0.2, -0.15) is 0 Å².